The van der Waals surface area contributed by atoms with E-state index in [-0.39, 0.29) is 5.91 Å². The van der Waals surface area contributed by atoms with Crippen molar-refractivity contribution in [1.82, 2.24) is 9.97 Å². The fourth-order valence-electron chi connectivity index (χ4n) is 1.85. The number of hydrogen-bond acceptors (Lipinski definition) is 5. The molecule has 0 saturated heterocycles. The van der Waals surface area contributed by atoms with Crippen molar-refractivity contribution < 1.29 is 4.79 Å². The van der Waals surface area contributed by atoms with Crippen LogP contribution in [0.1, 0.15) is 20.4 Å². The predicted molar refractivity (Wildman–Crippen MR) is 84.2 cm³/mol. The number of aromatic nitrogens is 2. The topological polar surface area (TPSA) is 54.9 Å². The molecule has 0 saturated carbocycles. The summed E-state index contributed by atoms with van der Waals surface area (Å²) in [5, 5.41) is 4.92. The fraction of sp³-hybridized carbons (Fsp3) is 0.154. The Kier molecular flexibility index (Phi) is 3.45. The third-order valence-electron chi connectivity index (χ3n) is 2.68. The molecule has 102 valence electrons. The van der Waals surface area contributed by atoms with E-state index in [1.165, 1.54) is 22.7 Å². The van der Waals surface area contributed by atoms with Crippen molar-refractivity contribution in [2.45, 2.75) is 13.8 Å². The minimum absolute atomic E-state index is 0.168. The standard InChI is InChI=1S/C13H10ClN3OS2/c1-6-11(19-7(2)15-6)12(18)17-13-16-9-4-3-8(14)5-10(9)20-13/h3-5H,1-2H3,(H,16,17,18). The van der Waals surface area contributed by atoms with Crippen LogP contribution in [0.25, 0.3) is 10.2 Å². The summed E-state index contributed by atoms with van der Waals surface area (Å²) in [6.07, 6.45) is 0. The number of rotatable bonds is 2. The lowest BCUT2D eigenvalue weighted by molar-refractivity contribution is 0.103. The number of nitrogens with zero attached hydrogens (tertiary/aromatic N) is 2. The molecule has 4 nitrogen and oxygen atoms in total. The number of hydrogen-bond donors (Lipinski definition) is 1. The number of thiazole rings is 2. The van der Waals surface area contributed by atoms with Gasteiger partial charge >= 0.3 is 0 Å². The molecule has 0 unspecified atom stereocenters. The molecular weight excluding hydrogens is 314 g/mol. The molecule has 0 spiro atoms. The number of halogens is 1. The zero-order valence-corrected chi connectivity index (χ0v) is 13.1. The second-order valence-corrected chi connectivity index (χ2v) is 6.90. The van der Waals surface area contributed by atoms with Crippen molar-refractivity contribution in [1.29, 1.82) is 0 Å². The lowest BCUT2D eigenvalue weighted by Gasteiger charge is -1.98. The van der Waals surface area contributed by atoms with Gasteiger partial charge in [0.25, 0.3) is 5.91 Å². The number of aryl methyl sites for hydroxylation is 2. The van der Waals surface area contributed by atoms with E-state index in [0.29, 0.717) is 15.0 Å². The molecule has 7 heteroatoms. The van der Waals surface area contributed by atoms with Crippen molar-refractivity contribution in [3.05, 3.63) is 38.8 Å². The molecule has 0 fully saturated rings. The van der Waals surface area contributed by atoms with Gasteiger partial charge in [0.2, 0.25) is 0 Å². The number of fused-ring (bicyclic) bond motifs is 1. The van der Waals surface area contributed by atoms with Gasteiger partial charge in [-0.1, -0.05) is 22.9 Å². The number of carbonyl (C=O) groups excluding carboxylic acids is 1. The van der Waals surface area contributed by atoms with E-state index in [0.717, 1.165) is 20.9 Å². The molecule has 1 N–H and O–H groups in total. The van der Waals surface area contributed by atoms with Crippen molar-refractivity contribution in [3.63, 3.8) is 0 Å². The fourth-order valence-corrected chi connectivity index (χ4v) is 3.80. The molecule has 0 aliphatic rings. The summed E-state index contributed by atoms with van der Waals surface area (Å²) in [7, 11) is 0. The van der Waals surface area contributed by atoms with E-state index in [9.17, 15) is 4.79 Å². The highest BCUT2D eigenvalue weighted by Gasteiger charge is 2.15. The van der Waals surface area contributed by atoms with Gasteiger partial charge in [-0.15, -0.1) is 11.3 Å². The van der Waals surface area contributed by atoms with Gasteiger partial charge in [-0.2, -0.15) is 0 Å². The molecule has 0 aliphatic carbocycles. The molecule has 0 aliphatic heterocycles. The first kappa shape index (κ1) is 13.5. The Hall–Kier alpha value is -1.50. The monoisotopic (exact) mass is 323 g/mol. The average molecular weight is 324 g/mol. The van der Waals surface area contributed by atoms with E-state index in [2.05, 4.69) is 15.3 Å². The third kappa shape index (κ3) is 2.54. The van der Waals surface area contributed by atoms with Crippen LogP contribution in [0.5, 0.6) is 0 Å². The van der Waals surface area contributed by atoms with Crippen molar-refractivity contribution >= 4 is 55.5 Å². The van der Waals surface area contributed by atoms with Gasteiger partial charge in [0.15, 0.2) is 5.13 Å². The number of nitrogens with one attached hydrogen (secondary N) is 1. The average Bonchev–Trinajstić information content (AvgIpc) is 2.91. The zero-order valence-electron chi connectivity index (χ0n) is 10.7. The van der Waals surface area contributed by atoms with Crippen molar-refractivity contribution in [2.24, 2.45) is 0 Å². The van der Waals surface area contributed by atoms with Crippen LogP contribution in [0.4, 0.5) is 5.13 Å². The second kappa shape index (κ2) is 5.12. The molecule has 20 heavy (non-hydrogen) atoms. The van der Waals surface area contributed by atoms with E-state index in [1.807, 2.05) is 26.0 Å². The number of anilines is 1. The summed E-state index contributed by atoms with van der Waals surface area (Å²) in [6.45, 7) is 3.71. The van der Waals surface area contributed by atoms with Gasteiger partial charge in [0, 0.05) is 5.02 Å². The lowest BCUT2D eigenvalue weighted by atomic mass is 10.3. The van der Waals surface area contributed by atoms with Gasteiger partial charge in [0.1, 0.15) is 4.88 Å². The third-order valence-corrected chi connectivity index (χ3v) is 4.92. The molecule has 0 atom stereocenters. The smallest absolute Gasteiger partial charge is 0.269 e. The molecule has 2 heterocycles. The quantitative estimate of drug-likeness (QED) is 0.766. The maximum Gasteiger partial charge on any atom is 0.269 e. The highest BCUT2D eigenvalue weighted by molar-refractivity contribution is 7.22. The molecule has 1 amide bonds. The molecule has 1 aromatic carbocycles. The number of benzene rings is 1. The largest absolute Gasteiger partial charge is 0.297 e. The summed E-state index contributed by atoms with van der Waals surface area (Å²) >= 11 is 8.73. The van der Waals surface area contributed by atoms with Crippen LogP contribution < -0.4 is 5.32 Å². The first-order valence-corrected chi connectivity index (χ1v) is 7.85. The SMILES string of the molecule is Cc1nc(C)c(C(=O)Nc2nc3ccc(Cl)cc3s2)s1. The molecule has 0 radical (unpaired) electrons. The van der Waals surface area contributed by atoms with E-state index < -0.39 is 0 Å². The Labute approximate surface area is 128 Å². The van der Waals surface area contributed by atoms with Crippen LogP contribution in [0, 0.1) is 13.8 Å². The number of carbonyl (C=O) groups is 1. The summed E-state index contributed by atoms with van der Waals surface area (Å²) in [5.74, 6) is -0.168. The Bertz CT molecular complexity index is 809. The van der Waals surface area contributed by atoms with Crippen LogP contribution >= 0.6 is 34.3 Å². The summed E-state index contributed by atoms with van der Waals surface area (Å²) in [5.41, 5.74) is 1.57. The molecule has 2 aromatic heterocycles. The molecular formula is C13H10ClN3OS2. The van der Waals surface area contributed by atoms with Gasteiger partial charge in [-0.05, 0) is 32.0 Å². The number of amides is 1. The van der Waals surface area contributed by atoms with Crippen LogP contribution in [0.15, 0.2) is 18.2 Å². The maximum absolute atomic E-state index is 12.2. The Balaban J connectivity index is 1.89. The van der Waals surface area contributed by atoms with Crippen molar-refractivity contribution in [2.75, 3.05) is 5.32 Å². The minimum Gasteiger partial charge on any atom is -0.297 e. The zero-order chi connectivity index (χ0) is 14.3. The predicted octanol–water partition coefficient (Wildman–Crippen LogP) is 4.28. The van der Waals surface area contributed by atoms with Gasteiger partial charge in [-0.25, -0.2) is 9.97 Å². The summed E-state index contributed by atoms with van der Waals surface area (Å²) < 4.78 is 0.949. The Morgan fingerprint density at radius 3 is 2.75 bits per heavy atom. The van der Waals surface area contributed by atoms with Crippen LogP contribution in [-0.4, -0.2) is 15.9 Å². The Morgan fingerprint density at radius 2 is 2.05 bits per heavy atom. The maximum atomic E-state index is 12.2. The minimum atomic E-state index is -0.168. The molecule has 0 bridgehead atoms. The van der Waals surface area contributed by atoms with Crippen LogP contribution in [0.3, 0.4) is 0 Å². The summed E-state index contributed by atoms with van der Waals surface area (Å²) in [4.78, 5) is 21.4. The van der Waals surface area contributed by atoms with E-state index in [1.54, 1.807) is 6.07 Å². The summed E-state index contributed by atoms with van der Waals surface area (Å²) in [6, 6.07) is 5.46. The van der Waals surface area contributed by atoms with Crippen LogP contribution in [-0.2, 0) is 0 Å². The first-order valence-electron chi connectivity index (χ1n) is 5.84. The Morgan fingerprint density at radius 1 is 1.25 bits per heavy atom. The van der Waals surface area contributed by atoms with E-state index >= 15 is 0 Å². The molecule has 3 aromatic rings. The van der Waals surface area contributed by atoms with Gasteiger partial charge < -0.3 is 0 Å². The van der Waals surface area contributed by atoms with Crippen LogP contribution in [0.2, 0.25) is 5.02 Å². The second-order valence-electron chi connectivity index (χ2n) is 4.23. The van der Waals surface area contributed by atoms with E-state index in [4.69, 9.17) is 11.6 Å². The van der Waals surface area contributed by atoms with Crippen molar-refractivity contribution in [3.8, 4) is 0 Å². The first-order chi connectivity index (χ1) is 9.52. The van der Waals surface area contributed by atoms with Gasteiger partial charge in [-0.3, -0.25) is 10.1 Å². The molecule has 3 rings (SSSR count). The highest BCUT2D eigenvalue weighted by Crippen LogP contribution is 2.29. The highest BCUT2D eigenvalue weighted by atomic mass is 35.5. The normalized spacial score (nSPS) is 10.9. The van der Waals surface area contributed by atoms with Gasteiger partial charge in [0.05, 0.1) is 20.9 Å². The lowest BCUT2D eigenvalue weighted by Crippen LogP contribution is -2.11.